The van der Waals surface area contributed by atoms with Gasteiger partial charge >= 0.3 is 0 Å². The Morgan fingerprint density at radius 2 is 1.97 bits per heavy atom. The van der Waals surface area contributed by atoms with Gasteiger partial charge in [-0.05, 0) is 18.2 Å². The molecular weight excluding hydrogens is 463 g/mol. The van der Waals surface area contributed by atoms with Gasteiger partial charge in [0.15, 0.2) is 12.4 Å². The zero-order valence-electron chi connectivity index (χ0n) is 17.1. The van der Waals surface area contributed by atoms with Crippen LogP contribution in [0.5, 0.6) is 5.75 Å². The highest BCUT2D eigenvalue weighted by Crippen LogP contribution is 2.21. The molecule has 32 heavy (non-hydrogen) atoms. The minimum atomic E-state index is -3.65. The highest BCUT2D eigenvalue weighted by Gasteiger charge is 2.31. The van der Waals surface area contributed by atoms with Crippen LogP contribution in [-0.4, -0.2) is 69.3 Å². The third-order valence-corrected chi connectivity index (χ3v) is 7.10. The summed E-state index contributed by atoms with van der Waals surface area (Å²) >= 11 is 5.73. The topological polar surface area (TPSA) is 103 Å². The molecule has 13 heteroatoms. The molecule has 1 fully saturated rings. The summed E-state index contributed by atoms with van der Waals surface area (Å²) in [5.41, 5.74) is 0.217. The normalized spacial score (nSPS) is 15.2. The maximum absolute atomic E-state index is 13.2. The Hall–Kier alpha value is -2.96. The van der Waals surface area contributed by atoms with E-state index in [9.17, 15) is 17.6 Å². The van der Waals surface area contributed by atoms with E-state index in [4.69, 9.17) is 16.3 Å². The number of rotatable bonds is 6. The standard InChI is InChI=1S/C19H20ClFN6O4S/c1-24-12-15(11-22-24)32(29,30)27-8-6-25(7-9-27)19(28)18-4-5-26(23-18)13-31-14-2-3-17(21)16(20)10-14/h2-5,10-12H,6-9,13H2,1H3. The van der Waals surface area contributed by atoms with Crippen molar-refractivity contribution < 1.29 is 22.3 Å². The average molecular weight is 483 g/mol. The van der Waals surface area contributed by atoms with E-state index in [1.165, 1.54) is 44.3 Å². The van der Waals surface area contributed by atoms with Crippen LogP contribution >= 0.6 is 11.6 Å². The number of aromatic nitrogens is 4. The molecule has 0 aliphatic carbocycles. The molecule has 3 aromatic rings. The summed E-state index contributed by atoms with van der Waals surface area (Å²) in [4.78, 5) is 14.5. The van der Waals surface area contributed by atoms with Crippen molar-refractivity contribution in [1.82, 2.24) is 28.8 Å². The van der Waals surface area contributed by atoms with Crippen molar-refractivity contribution in [1.29, 1.82) is 0 Å². The first-order chi connectivity index (χ1) is 15.2. The number of carbonyl (C=O) groups excluding carboxylic acids is 1. The quantitative estimate of drug-likeness (QED) is 0.528. The smallest absolute Gasteiger partial charge is 0.274 e. The SMILES string of the molecule is Cn1cc(S(=O)(=O)N2CCN(C(=O)c3ccn(COc4ccc(F)c(Cl)c4)n3)CC2)cn1. The van der Waals surface area contributed by atoms with Crippen molar-refractivity contribution in [3.05, 3.63) is 59.4 Å². The van der Waals surface area contributed by atoms with Gasteiger partial charge in [-0.25, -0.2) is 17.5 Å². The molecule has 1 aliphatic heterocycles. The van der Waals surface area contributed by atoms with E-state index in [2.05, 4.69) is 10.2 Å². The number of amides is 1. The van der Waals surface area contributed by atoms with Crippen LogP contribution in [0.2, 0.25) is 5.02 Å². The lowest BCUT2D eigenvalue weighted by Gasteiger charge is -2.33. The largest absolute Gasteiger partial charge is 0.471 e. The van der Waals surface area contributed by atoms with Gasteiger partial charge in [0.2, 0.25) is 10.0 Å². The highest BCUT2D eigenvalue weighted by atomic mass is 35.5. The molecule has 3 heterocycles. The number of carbonyl (C=O) groups is 1. The minimum Gasteiger partial charge on any atom is -0.471 e. The number of aryl methyl sites for hydroxylation is 1. The maximum Gasteiger partial charge on any atom is 0.274 e. The summed E-state index contributed by atoms with van der Waals surface area (Å²) in [7, 11) is -2.00. The van der Waals surface area contributed by atoms with Gasteiger partial charge in [0.1, 0.15) is 16.5 Å². The highest BCUT2D eigenvalue weighted by molar-refractivity contribution is 7.89. The molecule has 0 radical (unpaired) electrons. The number of sulfonamides is 1. The molecule has 1 aliphatic rings. The second kappa shape index (κ2) is 8.88. The lowest BCUT2D eigenvalue weighted by molar-refractivity contribution is 0.0690. The number of halogens is 2. The Morgan fingerprint density at radius 1 is 1.22 bits per heavy atom. The summed E-state index contributed by atoms with van der Waals surface area (Å²) in [6.07, 6.45) is 4.34. The third kappa shape index (κ3) is 4.61. The summed E-state index contributed by atoms with van der Waals surface area (Å²) in [6, 6.07) is 5.55. The summed E-state index contributed by atoms with van der Waals surface area (Å²) < 4.78 is 48.3. The molecule has 170 valence electrons. The molecular formula is C19H20ClFN6O4S. The molecule has 0 atom stereocenters. The van der Waals surface area contributed by atoms with Crippen LogP contribution in [0.4, 0.5) is 4.39 Å². The molecule has 0 bridgehead atoms. The number of piperazine rings is 1. The van der Waals surface area contributed by atoms with Gasteiger partial charge in [-0.3, -0.25) is 9.48 Å². The lowest BCUT2D eigenvalue weighted by atomic mass is 10.3. The number of hydrogen-bond acceptors (Lipinski definition) is 6. The van der Waals surface area contributed by atoms with E-state index in [-0.39, 0.29) is 54.4 Å². The predicted octanol–water partition coefficient (Wildman–Crippen LogP) is 1.59. The number of nitrogens with zero attached hydrogens (tertiary/aromatic N) is 6. The predicted molar refractivity (Wildman–Crippen MR) is 112 cm³/mol. The molecule has 1 aromatic carbocycles. The first kappa shape index (κ1) is 22.2. The van der Waals surface area contributed by atoms with Gasteiger partial charge in [0.25, 0.3) is 5.91 Å². The molecule has 0 spiro atoms. The van der Waals surface area contributed by atoms with Crippen molar-refractivity contribution in [3.63, 3.8) is 0 Å². The van der Waals surface area contributed by atoms with Gasteiger partial charge in [-0.2, -0.15) is 14.5 Å². The summed E-state index contributed by atoms with van der Waals surface area (Å²) in [5.74, 6) is -0.475. The molecule has 4 rings (SSSR count). The fourth-order valence-electron chi connectivity index (χ4n) is 3.23. The Balaban J connectivity index is 1.33. The first-order valence-corrected chi connectivity index (χ1v) is 11.5. The van der Waals surface area contributed by atoms with E-state index in [0.717, 1.165) is 0 Å². The third-order valence-electron chi connectivity index (χ3n) is 4.96. The van der Waals surface area contributed by atoms with Crippen molar-refractivity contribution in [2.75, 3.05) is 26.2 Å². The second-order valence-electron chi connectivity index (χ2n) is 7.14. The lowest BCUT2D eigenvalue weighted by Crippen LogP contribution is -2.50. The molecule has 1 amide bonds. The van der Waals surface area contributed by atoms with E-state index in [1.807, 2.05) is 0 Å². The van der Waals surface area contributed by atoms with E-state index >= 15 is 0 Å². The van der Waals surface area contributed by atoms with Crippen molar-refractivity contribution in [2.24, 2.45) is 7.05 Å². The van der Waals surface area contributed by atoms with E-state index < -0.39 is 15.8 Å². The summed E-state index contributed by atoms with van der Waals surface area (Å²) in [5, 5.41) is 8.06. The Morgan fingerprint density at radius 3 is 2.62 bits per heavy atom. The summed E-state index contributed by atoms with van der Waals surface area (Å²) in [6.45, 7) is 0.855. The van der Waals surface area contributed by atoms with Gasteiger partial charge in [-0.1, -0.05) is 11.6 Å². The van der Waals surface area contributed by atoms with Gasteiger partial charge < -0.3 is 9.64 Å². The average Bonchev–Trinajstić information content (AvgIpc) is 3.44. The number of benzene rings is 1. The molecule has 0 saturated carbocycles. The van der Waals surface area contributed by atoms with E-state index in [0.29, 0.717) is 5.75 Å². The van der Waals surface area contributed by atoms with Gasteiger partial charge in [0, 0.05) is 51.7 Å². The van der Waals surface area contributed by atoms with Crippen molar-refractivity contribution >= 4 is 27.5 Å². The van der Waals surface area contributed by atoms with Crippen LogP contribution in [0.25, 0.3) is 0 Å². The fourth-order valence-corrected chi connectivity index (χ4v) is 4.81. The molecule has 10 nitrogen and oxygen atoms in total. The number of ether oxygens (including phenoxy) is 1. The minimum absolute atomic E-state index is 0.00632. The Bertz CT molecular complexity index is 1240. The maximum atomic E-state index is 13.2. The van der Waals surface area contributed by atoms with Crippen molar-refractivity contribution in [3.8, 4) is 5.75 Å². The van der Waals surface area contributed by atoms with Crippen LogP contribution in [0.15, 0.2) is 47.8 Å². The van der Waals surface area contributed by atoms with Crippen molar-refractivity contribution in [2.45, 2.75) is 11.6 Å². The van der Waals surface area contributed by atoms with Crippen LogP contribution < -0.4 is 4.74 Å². The molecule has 1 saturated heterocycles. The molecule has 0 N–H and O–H groups in total. The van der Waals surface area contributed by atoms with Crippen LogP contribution in [0.1, 0.15) is 10.5 Å². The second-order valence-corrected chi connectivity index (χ2v) is 9.48. The Kier molecular flexibility index (Phi) is 6.17. The fraction of sp³-hybridized carbons (Fsp3) is 0.316. The zero-order valence-corrected chi connectivity index (χ0v) is 18.6. The van der Waals surface area contributed by atoms with E-state index in [1.54, 1.807) is 24.2 Å². The van der Waals surface area contributed by atoms with Gasteiger partial charge in [0.05, 0.1) is 11.2 Å². The number of hydrogen-bond donors (Lipinski definition) is 0. The zero-order chi connectivity index (χ0) is 22.9. The monoisotopic (exact) mass is 482 g/mol. The van der Waals surface area contributed by atoms with Crippen LogP contribution in [0, 0.1) is 5.82 Å². The van der Waals surface area contributed by atoms with Crippen LogP contribution in [0.3, 0.4) is 0 Å². The molecule has 0 unspecified atom stereocenters. The van der Waals surface area contributed by atoms with Gasteiger partial charge in [-0.15, -0.1) is 0 Å². The van der Waals surface area contributed by atoms with Crippen LogP contribution in [-0.2, 0) is 23.8 Å². The first-order valence-electron chi connectivity index (χ1n) is 9.63. The Labute approximate surface area is 188 Å². The molecule has 2 aromatic heterocycles.